The Morgan fingerprint density at radius 1 is 1.43 bits per heavy atom. The van der Waals surface area contributed by atoms with Crippen molar-refractivity contribution < 1.29 is 18.5 Å². The highest BCUT2D eigenvalue weighted by Crippen LogP contribution is 2.21. The highest BCUT2D eigenvalue weighted by Gasteiger charge is 2.13. The molecule has 0 radical (unpaired) electrons. The van der Waals surface area contributed by atoms with Gasteiger partial charge in [-0.25, -0.2) is 4.39 Å². The van der Waals surface area contributed by atoms with E-state index in [-0.39, 0.29) is 23.1 Å². The number of halogens is 2. The fourth-order valence-electron chi connectivity index (χ4n) is 2.42. The molecule has 8 nitrogen and oxygen atoms in total. The molecule has 0 fully saturated rings. The minimum absolute atomic E-state index is 0.110. The zero-order chi connectivity index (χ0) is 20.3. The zero-order valence-corrected chi connectivity index (χ0v) is 15.3. The molecule has 2 aromatic heterocycles. The number of amides is 1. The van der Waals surface area contributed by atoms with E-state index in [0.717, 1.165) is 6.08 Å². The van der Waals surface area contributed by atoms with Crippen LogP contribution in [0.4, 0.5) is 16.1 Å². The Bertz CT molecular complexity index is 1050. The first kappa shape index (κ1) is 19.3. The van der Waals surface area contributed by atoms with Crippen molar-refractivity contribution in [2.45, 2.75) is 13.5 Å². The first-order chi connectivity index (χ1) is 13.3. The lowest BCUT2D eigenvalue weighted by Crippen LogP contribution is -2.10. The van der Waals surface area contributed by atoms with E-state index in [9.17, 15) is 19.3 Å². The summed E-state index contributed by atoms with van der Waals surface area (Å²) in [5, 5.41) is 17.6. The first-order valence-electron chi connectivity index (χ1n) is 8.04. The standard InChI is InChI=1S/C18H14ClFN4O4/c1-11-9-16(22-23(11)10-13-14(19)3-2-4-15(13)20)21-17(25)7-5-12-6-8-18(28-12)24(26)27/h2-9H,10H2,1H3,(H,21,22,25)/b7-5+. The number of nitrogens with one attached hydrogen (secondary N) is 1. The highest BCUT2D eigenvalue weighted by molar-refractivity contribution is 6.31. The lowest BCUT2D eigenvalue weighted by atomic mass is 10.2. The summed E-state index contributed by atoms with van der Waals surface area (Å²) >= 11 is 6.03. The summed E-state index contributed by atoms with van der Waals surface area (Å²) < 4.78 is 20.4. The van der Waals surface area contributed by atoms with Crippen LogP contribution in [0, 0.1) is 22.9 Å². The van der Waals surface area contributed by atoms with Gasteiger partial charge in [0.25, 0.3) is 0 Å². The number of rotatable bonds is 6. The maximum atomic E-state index is 13.9. The first-order valence-corrected chi connectivity index (χ1v) is 8.42. The van der Waals surface area contributed by atoms with E-state index in [1.165, 1.54) is 35.0 Å². The molecular weight excluding hydrogens is 391 g/mol. The van der Waals surface area contributed by atoms with Crippen molar-refractivity contribution in [1.82, 2.24) is 9.78 Å². The van der Waals surface area contributed by atoms with Crippen LogP contribution in [0.3, 0.4) is 0 Å². The summed E-state index contributed by atoms with van der Waals surface area (Å²) in [4.78, 5) is 21.9. The Morgan fingerprint density at radius 2 is 2.21 bits per heavy atom. The van der Waals surface area contributed by atoms with E-state index < -0.39 is 22.5 Å². The molecule has 1 amide bonds. The maximum Gasteiger partial charge on any atom is 0.433 e. The molecule has 2 heterocycles. The van der Waals surface area contributed by atoms with E-state index in [2.05, 4.69) is 10.4 Å². The second kappa shape index (κ2) is 8.05. The lowest BCUT2D eigenvalue weighted by Gasteiger charge is -2.07. The normalized spacial score (nSPS) is 11.1. The monoisotopic (exact) mass is 404 g/mol. The molecule has 1 N–H and O–H groups in total. The number of anilines is 1. The number of benzene rings is 1. The van der Waals surface area contributed by atoms with Gasteiger partial charge in [-0.1, -0.05) is 17.7 Å². The van der Waals surface area contributed by atoms with Gasteiger partial charge in [0.05, 0.1) is 12.6 Å². The average Bonchev–Trinajstić information content (AvgIpc) is 3.23. The maximum absolute atomic E-state index is 13.9. The number of aromatic nitrogens is 2. The van der Waals surface area contributed by atoms with Crippen LogP contribution in [0.25, 0.3) is 6.08 Å². The summed E-state index contributed by atoms with van der Waals surface area (Å²) in [6.07, 6.45) is 2.45. The molecule has 0 saturated carbocycles. The molecule has 3 aromatic rings. The van der Waals surface area contributed by atoms with Crippen LogP contribution in [0.15, 0.2) is 46.9 Å². The van der Waals surface area contributed by atoms with Crippen molar-refractivity contribution in [3.05, 3.63) is 80.4 Å². The fraction of sp³-hybridized carbons (Fsp3) is 0.111. The number of hydrogen-bond donors (Lipinski definition) is 1. The van der Waals surface area contributed by atoms with E-state index in [1.54, 1.807) is 19.1 Å². The Labute approximate surface area is 163 Å². The SMILES string of the molecule is Cc1cc(NC(=O)/C=C/c2ccc([N+](=O)[O-])o2)nn1Cc1c(F)cccc1Cl. The molecule has 0 saturated heterocycles. The third kappa shape index (κ3) is 4.44. The molecule has 0 spiro atoms. The van der Waals surface area contributed by atoms with Crippen LogP contribution in [-0.2, 0) is 11.3 Å². The minimum Gasteiger partial charge on any atom is -0.401 e. The van der Waals surface area contributed by atoms with Crippen LogP contribution in [0.2, 0.25) is 5.02 Å². The van der Waals surface area contributed by atoms with Gasteiger partial charge in [-0.05, 0) is 31.2 Å². The number of hydrogen-bond acceptors (Lipinski definition) is 5. The van der Waals surface area contributed by atoms with Crippen LogP contribution >= 0.6 is 11.6 Å². The minimum atomic E-state index is -0.672. The molecule has 1 aromatic carbocycles. The summed E-state index contributed by atoms with van der Waals surface area (Å²) in [6, 6.07) is 8.61. The number of carbonyl (C=O) groups is 1. The summed E-state index contributed by atoms with van der Waals surface area (Å²) in [6.45, 7) is 1.87. The van der Waals surface area contributed by atoms with Gasteiger partial charge in [0.1, 0.15) is 16.5 Å². The quantitative estimate of drug-likeness (QED) is 0.377. The third-order valence-corrected chi connectivity index (χ3v) is 4.15. The van der Waals surface area contributed by atoms with Crippen molar-refractivity contribution in [2.24, 2.45) is 0 Å². The summed E-state index contributed by atoms with van der Waals surface area (Å²) in [7, 11) is 0. The van der Waals surface area contributed by atoms with E-state index in [4.69, 9.17) is 16.0 Å². The zero-order valence-electron chi connectivity index (χ0n) is 14.6. The third-order valence-electron chi connectivity index (χ3n) is 3.79. The number of nitro groups is 1. The molecule has 0 aliphatic rings. The largest absolute Gasteiger partial charge is 0.433 e. The molecular formula is C18H14ClFN4O4. The van der Waals surface area contributed by atoms with Crippen molar-refractivity contribution in [2.75, 3.05) is 5.32 Å². The van der Waals surface area contributed by atoms with Crippen molar-refractivity contribution in [3.8, 4) is 0 Å². The van der Waals surface area contributed by atoms with Crippen LogP contribution < -0.4 is 5.32 Å². The number of nitrogens with zero attached hydrogens (tertiary/aromatic N) is 3. The van der Waals surface area contributed by atoms with Gasteiger partial charge in [-0.2, -0.15) is 5.10 Å². The molecule has 144 valence electrons. The molecule has 28 heavy (non-hydrogen) atoms. The van der Waals surface area contributed by atoms with Gasteiger partial charge < -0.3 is 9.73 Å². The van der Waals surface area contributed by atoms with Gasteiger partial charge >= 0.3 is 5.88 Å². The van der Waals surface area contributed by atoms with Crippen molar-refractivity contribution in [3.63, 3.8) is 0 Å². The van der Waals surface area contributed by atoms with Gasteiger partial charge in [-0.3, -0.25) is 19.6 Å². The Kier molecular flexibility index (Phi) is 5.55. The van der Waals surface area contributed by atoms with Crippen molar-refractivity contribution >= 4 is 35.3 Å². The molecule has 0 bridgehead atoms. The van der Waals surface area contributed by atoms with Gasteiger partial charge in [0.15, 0.2) is 5.82 Å². The molecule has 0 aliphatic carbocycles. The molecule has 0 atom stereocenters. The van der Waals surface area contributed by atoms with Gasteiger partial charge in [-0.15, -0.1) is 0 Å². The van der Waals surface area contributed by atoms with Gasteiger partial charge in [0, 0.05) is 28.4 Å². The highest BCUT2D eigenvalue weighted by atomic mass is 35.5. The second-order valence-corrected chi connectivity index (χ2v) is 6.19. The molecule has 0 unspecified atom stereocenters. The van der Waals surface area contributed by atoms with Crippen molar-refractivity contribution in [1.29, 1.82) is 0 Å². The smallest absolute Gasteiger partial charge is 0.401 e. The molecule has 0 aliphatic heterocycles. The Balaban J connectivity index is 1.68. The molecule has 10 heteroatoms. The second-order valence-electron chi connectivity index (χ2n) is 5.78. The van der Waals surface area contributed by atoms with Gasteiger partial charge in [0.2, 0.25) is 5.91 Å². The summed E-state index contributed by atoms with van der Waals surface area (Å²) in [5.74, 6) is -0.930. The number of aryl methyl sites for hydroxylation is 1. The Hall–Kier alpha value is -3.46. The number of carbonyl (C=O) groups excluding carboxylic acids is 1. The average molecular weight is 405 g/mol. The summed E-state index contributed by atoms with van der Waals surface area (Å²) in [5.41, 5.74) is 0.993. The van der Waals surface area contributed by atoms with Crippen LogP contribution in [0.5, 0.6) is 0 Å². The lowest BCUT2D eigenvalue weighted by molar-refractivity contribution is -0.402. The Morgan fingerprint density at radius 3 is 2.89 bits per heavy atom. The van der Waals surface area contributed by atoms with E-state index >= 15 is 0 Å². The van der Waals surface area contributed by atoms with Crippen LogP contribution in [0.1, 0.15) is 17.0 Å². The topological polar surface area (TPSA) is 103 Å². The predicted molar refractivity (Wildman–Crippen MR) is 101 cm³/mol. The number of furan rings is 1. The van der Waals surface area contributed by atoms with Crippen LogP contribution in [-0.4, -0.2) is 20.6 Å². The molecule has 3 rings (SSSR count). The van der Waals surface area contributed by atoms with E-state index in [0.29, 0.717) is 11.3 Å². The van der Waals surface area contributed by atoms with E-state index in [1.807, 2.05) is 0 Å². The fourth-order valence-corrected chi connectivity index (χ4v) is 2.64. The predicted octanol–water partition coefficient (Wildman–Crippen LogP) is 4.19.